The third kappa shape index (κ3) is 5.02. The van der Waals surface area contributed by atoms with Gasteiger partial charge in [-0.05, 0) is 35.9 Å². The van der Waals surface area contributed by atoms with Crippen LogP contribution in [0.15, 0.2) is 48.5 Å². The fraction of sp³-hybridized carbons (Fsp3) is 0.292. The number of ether oxygens (including phenoxy) is 1. The van der Waals surface area contributed by atoms with Gasteiger partial charge in [-0.25, -0.2) is 0 Å². The molecule has 33 heavy (non-hydrogen) atoms. The van der Waals surface area contributed by atoms with Gasteiger partial charge in [0, 0.05) is 37.2 Å². The van der Waals surface area contributed by atoms with Crippen molar-refractivity contribution in [3.8, 4) is 5.69 Å². The van der Waals surface area contributed by atoms with E-state index in [1.165, 1.54) is 4.57 Å². The second-order valence-electron chi connectivity index (χ2n) is 8.42. The summed E-state index contributed by atoms with van der Waals surface area (Å²) in [6.45, 7) is 4.42. The van der Waals surface area contributed by atoms with E-state index in [4.69, 9.17) is 16.3 Å². The Morgan fingerprint density at radius 3 is 2.36 bits per heavy atom. The van der Waals surface area contributed by atoms with Gasteiger partial charge in [0.2, 0.25) is 5.95 Å². The lowest BCUT2D eigenvalue weighted by Gasteiger charge is -2.29. The number of carbonyl (C=O) groups excluding carboxylic acids is 2. The van der Waals surface area contributed by atoms with Crippen molar-refractivity contribution in [2.45, 2.75) is 19.3 Å². The highest BCUT2D eigenvalue weighted by molar-refractivity contribution is 6.30. The summed E-state index contributed by atoms with van der Waals surface area (Å²) in [5.41, 5.74) is 1.06. The van der Waals surface area contributed by atoms with E-state index in [0.717, 1.165) is 5.56 Å². The monoisotopic (exact) mass is 469 g/mol. The SMILES string of the molecule is COCC(C)(C)c1ccccc1-n1c(N(C)C)nc(NC(=O)c2ccc(Cl)cc2)c1C(=O)[O-]. The van der Waals surface area contributed by atoms with Crippen LogP contribution in [0.5, 0.6) is 0 Å². The lowest BCUT2D eigenvalue weighted by atomic mass is 9.84. The van der Waals surface area contributed by atoms with Gasteiger partial charge in [-0.3, -0.25) is 9.36 Å². The molecular formula is C24H26ClN4O4-. The molecule has 3 aromatic rings. The first-order valence-electron chi connectivity index (χ1n) is 10.2. The summed E-state index contributed by atoms with van der Waals surface area (Å²) in [5, 5.41) is 15.4. The number of rotatable bonds is 8. The zero-order valence-electron chi connectivity index (χ0n) is 19.2. The quantitative estimate of drug-likeness (QED) is 0.544. The highest BCUT2D eigenvalue weighted by Gasteiger charge is 2.29. The maximum atomic E-state index is 12.8. The Balaban J connectivity index is 2.20. The minimum atomic E-state index is -1.47. The molecule has 0 saturated carbocycles. The fourth-order valence-electron chi connectivity index (χ4n) is 3.67. The minimum absolute atomic E-state index is 0.113. The number of carboxylic acids is 1. The number of aromatic carboxylic acids is 1. The summed E-state index contributed by atoms with van der Waals surface area (Å²) in [6, 6.07) is 13.7. The Morgan fingerprint density at radius 1 is 1.15 bits per heavy atom. The molecule has 1 amide bonds. The summed E-state index contributed by atoms with van der Waals surface area (Å²) in [4.78, 5) is 31.2. The predicted molar refractivity (Wildman–Crippen MR) is 127 cm³/mol. The van der Waals surface area contributed by atoms with Crippen LogP contribution in [0, 0.1) is 0 Å². The van der Waals surface area contributed by atoms with Crippen LogP contribution < -0.4 is 15.3 Å². The topological polar surface area (TPSA) is 99.5 Å². The molecule has 8 nitrogen and oxygen atoms in total. The zero-order chi connectivity index (χ0) is 24.3. The predicted octanol–water partition coefficient (Wildman–Crippen LogP) is 3.13. The molecule has 0 saturated heterocycles. The molecule has 1 heterocycles. The number of carbonyl (C=O) groups is 2. The molecular weight excluding hydrogens is 444 g/mol. The number of nitrogens with zero attached hydrogens (tertiary/aromatic N) is 3. The first-order valence-corrected chi connectivity index (χ1v) is 10.6. The molecule has 0 atom stereocenters. The van der Waals surface area contributed by atoms with Gasteiger partial charge in [0.05, 0.1) is 18.3 Å². The molecule has 1 aromatic heterocycles. The lowest BCUT2D eigenvalue weighted by Crippen LogP contribution is -2.30. The van der Waals surface area contributed by atoms with Crippen molar-refractivity contribution in [2.24, 2.45) is 0 Å². The van der Waals surface area contributed by atoms with Gasteiger partial charge < -0.3 is 24.9 Å². The van der Waals surface area contributed by atoms with Crippen molar-refractivity contribution in [2.75, 3.05) is 38.0 Å². The smallest absolute Gasteiger partial charge is 0.256 e. The third-order valence-electron chi connectivity index (χ3n) is 5.17. The normalized spacial score (nSPS) is 11.3. The van der Waals surface area contributed by atoms with Crippen molar-refractivity contribution < 1.29 is 19.4 Å². The average molecular weight is 470 g/mol. The standard InChI is InChI=1S/C24H27ClN4O4/c1-24(2,14-33-5)17-8-6-7-9-18(17)29-19(22(31)32)20(27-23(29)28(3)4)26-21(30)15-10-12-16(25)13-11-15/h6-13H,14H2,1-5H3,(H,26,30)(H,31,32)/p-1. The number of anilines is 2. The van der Waals surface area contributed by atoms with E-state index in [9.17, 15) is 14.7 Å². The maximum absolute atomic E-state index is 12.8. The molecule has 2 aromatic carbocycles. The van der Waals surface area contributed by atoms with E-state index in [0.29, 0.717) is 28.8 Å². The van der Waals surface area contributed by atoms with Crippen LogP contribution in [-0.2, 0) is 10.2 Å². The Hall–Kier alpha value is -3.36. The van der Waals surface area contributed by atoms with Gasteiger partial charge in [-0.15, -0.1) is 0 Å². The van der Waals surface area contributed by atoms with Gasteiger partial charge >= 0.3 is 0 Å². The minimum Gasteiger partial charge on any atom is -0.543 e. The first-order chi connectivity index (χ1) is 15.6. The van der Waals surface area contributed by atoms with E-state index >= 15 is 0 Å². The van der Waals surface area contributed by atoms with E-state index in [-0.39, 0.29) is 11.5 Å². The number of amides is 1. The van der Waals surface area contributed by atoms with Gasteiger partial charge in [0.15, 0.2) is 5.82 Å². The van der Waals surface area contributed by atoms with Crippen LogP contribution in [0.4, 0.5) is 11.8 Å². The number of halogens is 1. The lowest BCUT2D eigenvalue weighted by molar-refractivity contribution is -0.255. The first kappa shape index (κ1) is 24.3. The number of aromatic nitrogens is 2. The van der Waals surface area contributed by atoms with Crippen molar-refractivity contribution in [3.05, 3.63) is 70.4 Å². The second-order valence-corrected chi connectivity index (χ2v) is 8.86. The summed E-state index contributed by atoms with van der Waals surface area (Å²) >= 11 is 5.90. The number of nitrogens with one attached hydrogen (secondary N) is 1. The molecule has 174 valence electrons. The Bertz CT molecular complexity index is 1170. The van der Waals surface area contributed by atoms with Crippen LogP contribution >= 0.6 is 11.6 Å². The molecule has 0 bridgehead atoms. The van der Waals surface area contributed by atoms with Crippen LogP contribution in [0.3, 0.4) is 0 Å². The fourth-order valence-corrected chi connectivity index (χ4v) is 3.80. The van der Waals surface area contributed by atoms with E-state index < -0.39 is 17.3 Å². The van der Waals surface area contributed by atoms with Crippen molar-refractivity contribution in [1.29, 1.82) is 0 Å². The molecule has 1 N–H and O–H groups in total. The summed E-state index contributed by atoms with van der Waals surface area (Å²) < 4.78 is 6.88. The van der Waals surface area contributed by atoms with E-state index in [2.05, 4.69) is 10.3 Å². The van der Waals surface area contributed by atoms with Crippen molar-refractivity contribution in [3.63, 3.8) is 0 Å². The molecule has 0 aliphatic rings. The molecule has 0 aliphatic heterocycles. The van der Waals surface area contributed by atoms with Gasteiger partial charge in [-0.1, -0.05) is 43.6 Å². The van der Waals surface area contributed by atoms with Crippen LogP contribution in [0.1, 0.15) is 40.3 Å². The van der Waals surface area contributed by atoms with Crippen molar-refractivity contribution in [1.82, 2.24) is 9.55 Å². The second kappa shape index (κ2) is 9.64. The average Bonchev–Trinajstić information content (AvgIpc) is 3.13. The van der Waals surface area contributed by atoms with Gasteiger partial charge in [-0.2, -0.15) is 4.98 Å². The zero-order valence-corrected chi connectivity index (χ0v) is 19.9. The van der Waals surface area contributed by atoms with Crippen LogP contribution in [-0.4, -0.2) is 49.2 Å². The van der Waals surface area contributed by atoms with Crippen molar-refractivity contribution >= 4 is 35.2 Å². The van der Waals surface area contributed by atoms with Gasteiger partial charge in [0.1, 0.15) is 5.69 Å². The summed E-state index contributed by atoms with van der Waals surface area (Å²) in [6.07, 6.45) is 0. The number of hydrogen-bond donors (Lipinski definition) is 1. The molecule has 0 spiro atoms. The highest BCUT2D eigenvalue weighted by Crippen LogP contribution is 2.34. The number of carboxylic acid groups (broad SMARTS) is 1. The summed E-state index contributed by atoms with van der Waals surface area (Å²) in [5.74, 6) is -1.78. The number of imidazole rings is 1. The van der Waals surface area contributed by atoms with E-state index in [1.54, 1.807) is 56.4 Å². The highest BCUT2D eigenvalue weighted by atomic mass is 35.5. The van der Waals surface area contributed by atoms with E-state index in [1.807, 2.05) is 32.0 Å². The molecule has 0 fully saturated rings. The number of methoxy groups -OCH3 is 1. The Labute approximate surface area is 197 Å². The van der Waals surface area contributed by atoms with Gasteiger partial charge in [0.25, 0.3) is 5.91 Å². The molecule has 9 heteroatoms. The number of hydrogen-bond acceptors (Lipinski definition) is 6. The van der Waals surface area contributed by atoms with Crippen LogP contribution in [0.2, 0.25) is 5.02 Å². The Morgan fingerprint density at radius 2 is 1.79 bits per heavy atom. The molecule has 0 unspecified atom stereocenters. The molecule has 3 rings (SSSR count). The van der Waals surface area contributed by atoms with Crippen LogP contribution in [0.25, 0.3) is 5.69 Å². The third-order valence-corrected chi connectivity index (χ3v) is 5.42. The number of benzene rings is 2. The Kier molecular flexibility index (Phi) is 7.09. The number of para-hydroxylation sites is 1. The largest absolute Gasteiger partial charge is 0.543 e. The maximum Gasteiger partial charge on any atom is 0.256 e. The summed E-state index contributed by atoms with van der Waals surface area (Å²) in [7, 11) is 5.10. The molecule has 0 radical (unpaired) electrons. The molecule has 0 aliphatic carbocycles.